The summed E-state index contributed by atoms with van der Waals surface area (Å²) in [6, 6.07) is 4.49. The van der Waals surface area contributed by atoms with Gasteiger partial charge >= 0.3 is 12.0 Å². The maximum absolute atomic E-state index is 12.0. The zero-order chi connectivity index (χ0) is 14.7. The number of amides is 2. The van der Waals surface area contributed by atoms with Crippen molar-refractivity contribution in [2.75, 3.05) is 6.54 Å². The van der Waals surface area contributed by atoms with Crippen LogP contribution in [0.1, 0.15) is 28.4 Å². The van der Waals surface area contributed by atoms with Crippen molar-refractivity contribution in [3.05, 3.63) is 34.9 Å². The number of aromatic carboxylic acids is 1. The van der Waals surface area contributed by atoms with Gasteiger partial charge in [-0.05, 0) is 36.6 Å². The second-order valence-corrected chi connectivity index (χ2v) is 4.80. The Morgan fingerprint density at radius 2 is 2.20 bits per heavy atom. The van der Waals surface area contributed by atoms with E-state index in [1.807, 2.05) is 6.07 Å². The highest BCUT2D eigenvalue weighted by atomic mass is 16.4. The predicted molar refractivity (Wildman–Crippen MR) is 74.3 cm³/mol. The predicted octanol–water partition coefficient (Wildman–Crippen LogP) is 1.47. The Kier molecular flexibility index (Phi) is 3.94. The van der Waals surface area contributed by atoms with Gasteiger partial charge in [-0.25, -0.2) is 9.59 Å². The summed E-state index contributed by atoms with van der Waals surface area (Å²) in [5, 5.41) is 11.7. The molecule has 0 fully saturated rings. The molecule has 1 aliphatic rings. The quantitative estimate of drug-likeness (QED) is 0.801. The van der Waals surface area contributed by atoms with E-state index in [1.165, 1.54) is 0 Å². The van der Waals surface area contributed by atoms with Gasteiger partial charge in [0.1, 0.15) is 0 Å². The highest BCUT2D eigenvalue weighted by Gasteiger charge is 2.22. The van der Waals surface area contributed by atoms with Crippen molar-refractivity contribution >= 4 is 12.0 Å². The Balaban J connectivity index is 2.13. The smallest absolute Gasteiger partial charge is 0.335 e. The molecule has 0 saturated carbocycles. The molecule has 5 heteroatoms. The van der Waals surface area contributed by atoms with Gasteiger partial charge in [-0.15, -0.1) is 6.42 Å². The average Bonchev–Trinajstić information content (AvgIpc) is 2.45. The van der Waals surface area contributed by atoms with Gasteiger partial charge in [0.25, 0.3) is 0 Å². The molecule has 2 amide bonds. The Labute approximate surface area is 117 Å². The monoisotopic (exact) mass is 272 g/mol. The van der Waals surface area contributed by atoms with Crippen LogP contribution >= 0.6 is 0 Å². The van der Waals surface area contributed by atoms with Crippen LogP contribution in [0.15, 0.2) is 18.2 Å². The lowest BCUT2D eigenvalue weighted by molar-refractivity contribution is 0.0696. The molecule has 0 aliphatic carbocycles. The van der Waals surface area contributed by atoms with E-state index in [9.17, 15) is 9.59 Å². The number of carboxylic acids is 1. The highest BCUT2D eigenvalue weighted by molar-refractivity contribution is 5.88. The number of terminal acetylenes is 1. The molecule has 1 aromatic carbocycles. The minimum absolute atomic E-state index is 0.221. The summed E-state index contributed by atoms with van der Waals surface area (Å²) < 4.78 is 0. The second-order valence-electron chi connectivity index (χ2n) is 4.80. The van der Waals surface area contributed by atoms with Gasteiger partial charge in [0.05, 0.1) is 11.6 Å². The van der Waals surface area contributed by atoms with E-state index in [4.69, 9.17) is 11.5 Å². The van der Waals surface area contributed by atoms with E-state index in [2.05, 4.69) is 11.2 Å². The zero-order valence-corrected chi connectivity index (χ0v) is 11.2. The molecule has 1 unspecified atom stereocenters. The number of carboxylic acid groups (broad SMARTS) is 1. The highest BCUT2D eigenvalue weighted by Crippen LogP contribution is 2.20. The molecule has 20 heavy (non-hydrogen) atoms. The van der Waals surface area contributed by atoms with Crippen LogP contribution in [0.2, 0.25) is 0 Å². The van der Waals surface area contributed by atoms with Gasteiger partial charge in [-0.1, -0.05) is 12.0 Å². The minimum atomic E-state index is -0.963. The second kappa shape index (κ2) is 5.66. The van der Waals surface area contributed by atoms with E-state index in [-0.39, 0.29) is 17.6 Å². The van der Waals surface area contributed by atoms with E-state index < -0.39 is 5.97 Å². The summed E-state index contributed by atoms with van der Waals surface area (Å²) in [5.41, 5.74) is 2.20. The summed E-state index contributed by atoms with van der Waals surface area (Å²) in [6.45, 7) is 2.74. The first kappa shape index (κ1) is 13.9. The van der Waals surface area contributed by atoms with Crippen LogP contribution < -0.4 is 5.32 Å². The summed E-state index contributed by atoms with van der Waals surface area (Å²) in [7, 11) is 0. The fraction of sp³-hybridized carbons (Fsp3) is 0.333. The van der Waals surface area contributed by atoms with Crippen LogP contribution in [0.5, 0.6) is 0 Å². The lowest BCUT2D eigenvalue weighted by Crippen LogP contribution is -2.45. The number of fused-ring (bicyclic) bond motifs is 1. The topological polar surface area (TPSA) is 69.6 Å². The molecular weight excluding hydrogens is 256 g/mol. The lowest BCUT2D eigenvalue weighted by atomic mass is 9.97. The van der Waals surface area contributed by atoms with Crippen molar-refractivity contribution in [2.45, 2.75) is 25.9 Å². The number of carbonyl (C=O) groups is 2. The average molecular weight is 272 g/mol. The molecule has 0 saturated heterocycles. The normalized spacial score (nSPS) is 14.9. The van der Waals surface area contributed by atoms with Crippen molar-refractivity contribution in [1.82, 2.24) is 10.2 Å². The standard InChI is InChI=1S/C15H16N2O3/c1-3-10(2)16-15(20)17-7-6-11-4-5-12(14(18)19)8-13(11)9-17/h1,4-5,8,10H,6-7,9H2,2H3,(H,16,20)(H,18,19). The van der Waals surface area contributed by atoms with Crippen molar-refractivity contribution in [3.63, 3.8) is 0 Å². The number of carbonyl (C=O) groups excluding carboxylic acids is 1. The van der Waals surface area contributed by atoms with Crippen molar-refractivity contribution in [1.29, 1.82) is 0 Å². The molecule has 2 rings (SSSR count). The van der Waals surface area contributed by atoms with Crippen molar-refractivity contribution in [2.24, 2.45) is 0 Å². The molecule has 0 aromatic heterocycles. The Morgan fingerprint density at radius 1 is 1.45 bits per heavy atom. The Morgan fingerprint density at radius 3 is 2.85 bits per heavy atom. The molecule has 0 spiro atoms. The van der Waals surface area contributed by atoms with Crippen molar-refractivity contribution in [3.8, 4) is 12.3 Å². The third-order valence-electron chi connectivity index (χ3n) is 3.34. The van der Waals surface area contributed by atoms with Crippen LogP contribution in [-0.4, -0.2) is 34.6 Å². The van der Waals surface area contributed by atoms with Crippen molar-refractivity contribution < 1.29 is 14.7 Å². The number of benzene rings is 1. The van der Waals surface area contributed by atoms with Gasteiger partial charge in [0.15, 0.2) is 0 Å². The zero-order valence-electron chi connectivity index (χ0n) is 11.2. The van der Waals surface area contributed by atoms with Gasteiger partial charge < -0.3 is 15.3 Å². The molecule has 1 heterocycles. The van der Waals surface area contributed by atoms with Crippen LogP contribution in [0, 0.1) is 12.3 Å². The molecule has 104 valence electrons. The molecule has 2 N–H and O–H groups in total. The van der Waals surface area contributed by atoms with Gasteiger partial charge in [0.2, 0.25) is 0 Å². The fourth-order valence-corrected chi connectivity index (χ4v) is 2.18. The summed E-state index contributed by atoms with van der Waals surface area (Å²) in [5.74, 6) is 1.48. The number of rotatable bonds is 2. The van der Waals surface area contributed by atoms with E-state index in [0.29, 0.717) is 19.5 Å². The number of nitrogens with zero attached hydrogens (tertiary/aromatic N) is 1. The van der Waals surface area contributed by atoms with Crippen LogP contribution in [0.4, 0.5) is 4.79 Å². The molecule has 0 radical (unpaired) electrons. The van der Waals surface area contributed by atoms with Gasteiger partial charge in [-0.2, -0.15) is 0 Å². The summed E-state index contributed by atoms with van der Waals surface area (Å²) in [6.07, 6.45) is 5.95. The number of nitrogens with one attached hydrogen (secondary N) is 1. The first-order chi connectivity index (χ1) is 9.51. The minimum Gasteiger partial charge on any atom is -0.478 e. The molecule has 1 aliphatic heterocycles. The van der Waals surface area contributed by atoms with Crippen LogP contribution in [-0.2, 0) is 13.0 Å². The van der Waals surface area contributed by atoms with E-state index in [0.717, 1.165) is 11.1 Å². The lowest BCUT2D eigenvalue weighted by Gasteiger charge is -2.29. The van der Waals surface area contributed by atoms with Gasteiger partial charge in [0, 0.05) is 13.1 Å². The SMILES string of the molecule is C#CC(C)NC(=O)N1CCc2ccc(C(=O)O)cc2C1. The third kappa shape index (κ3) is 2.91. The van der Waals surface area contributed by atoms with E-state index >= 15 is 0 Å². The first-order valence-corrected chi connectivity index (χ1v) is 6.38. The molecule has 5 nitrogen and oxygen atoms in total. The van der Waals surface area contributed by atoms with Crippen LogP contribution in [0.3, 0.4) is 0 Å². The first-order valence-electron chi connectivity index (χ1n) is 6.38. The maximum Gasteiger partial charge on any atom is 0.335 e. The molecule has 1 aromatic rings. The number of urea groups is 1. The largest absolute Gasteiger partial charge is 0.478 e. The molecular formula is C15H16N2O3. The third-order valence-corrected chi connectivity index (χ3v) is 3.34. The fourth-order valence-electron chi connectivity index (χ4n) is 2.18. The number of hydrogen-bond acceptors (Lipinski definition) is 2. The summed E-state index contributed by atoms with van der Waals surface area (Å²) >= 11 is 0. The summed E-state index contributed by atoms with van der Waals surface area (Å²) in [4.78, 5) is 24.6. The number of hydrogen-bond donors (Lipinski definition) is 2. The Hall–Kier alpha value is -2.48. The Bertz CT molecular complexity index is 589. The van der Waals surface area contributed by atoms with Gasteiger partial charge in [-0.3, -0.25) is 0 Å². The van der Waals surface area contributed by atoms with E-state index in [1.54, 1.807) is 24.0 Å². The van der Waals surface area contributed by atoms with Crippen LogP contribution in [0.25, 0.3) is 0 Å². The maximum atomic E-state index is 12.0. The molecule has 1 atom stereocenters. The molecule has 0 bridgehead atoms.